The molecule has 43 nitrogen and oxygen atoms in total. The number of rotatable bonds is 30. The molecule has 0 aromatic rings. The first-order valence-corrected chi connectivity index (χ1v) is 45.7. The number of carbonyl (C=O) groups is 21. The molecule has 13 rings (SSSR count). The Bertz CT molecular complexity index is 4250. The summed E-state index contributed by atoms with van der Waals surface area (Å²) < 4.78 is 0. The molecule has 13 heterocycles. The summed E-state index contributed by atoms with van der Waals surface area (Å²) in [5, 5.41) is 32.9. The first-order valence-electron chi connectivity index (χ1n) is 45.0. The number of carboxylic acid groups (broad SMARTS) is 1. The second-order valence-corrected chi connectivity index (χ2v) is 35.3. The minimum atomic E-state index is -1.26. The summed E-state index contributed by atoms with van der Waals surface area (Å²) in [6.45, 7) is -0.205. The molecule has 20 amide bonds. The Labute approximate surface area is 734 Å². The SMILES string of the molecule is O=C(O)CNC(=O)[C@@H]1CCCN1C(=O)[C@H](CS)NC(=O)CNC(=O)[C@@H]1CCCN1C(=O)[C@@H]1CCCN1C(=O)CNC(=O)[C@@H]1CCCN1C(=O)[C@@H]1CCCN1C(=O)CNC(=O)[C@@H]1CCCN1C(=O)[C@@H]1CCCN1C(=O)CNC(=O)[C@@H]1CCCN1C(=O)[C@@H]1CCCN1C(=O)CNC(=O)[C@@H]1CCCN1C(=O)[C@@H]1CCCN1C(=O)CNC(=O)[C@@H]1CCCN1C(=O)[C@@H]1CCCN1. The molecule has 0 spiro atoms. The molecule has 44 heteroatoms. The minimum absolute atomic E-state index is 0.123. The van der Waals surface area contributed by atoms with Crippen LogP contribution in [-0.4, -0.2) is 409 Å². The van der Waals surface area contributed by atoms with Crippen molar-refractivity contribution < 1.29 is 106 Å². The number of likely N-dealkylation sites (tertiary alicyclic amines) is 12. The summed E-state index contributed by atoms with van der Waals surface area (Å²) in [5.74, 6) is -12.1. The van der Waals surface area contributed by atoms with Gasteiger partial charge in [-0.15, -0.1) is 0 Å². The van der Waals surface area contributed by atoms with Gasteiger partial charge in [0.15, 0.2) is 0 Å². The van der Waals surface area contributed by atoms with Crippen LogP contribution in [-0.2, 0) is 101 Å². The van der Waals surface area contributed by atoms with E-state index in [1.54, 1.807) is 4.90 Å². The number of thiol groups is 1. The molecule has 0 saturated carbocycles. The highest BCUT2D eigenvalue weighted by Crippen LogP contribution is 2.33. The Kier molecular flexibility index (Phi) is 31.1. The summed E-state index contributed by atoms with van der Waals surface area (Å²) in [6.07, 6.45) is 10.8. The molecule has 0 aromatic heterocycles. The second kappa shape index (κ2) is 42.2. The number of nitrogens with zero attached hydrogens (tertiary/aromatic N) is 12. The van der Waals surface area contributed by atoms with E-state index in [0.717, 1.165) is 13.0 Å². The predicted molar refractivity (Wildman–Crippen MR) is 442 cm³/mol. The fourth-order valence-corrected chi connectivity index (χ4v) is 21.1. The van der Waals surface area contributed by atoms with Gasteiger partial charge in [-0.05, 0) is 173 Å². The molecule has 0 unspecified atom stereocenters. The molecule has 0 aromatic carbocycles. The predicted octanol–water partition coefficient (Wildman–Crippen LogP) is -7.06. The topological polar surface area (TPSA) is 526 Å². The molecule has 13 aliphatic rings. The van der Waals surface area contributed by atoms with Gasteiger partial charge in [-0.1, -0.05) is 0 Å². The lowest BCUT2D eigenvalue weighted by Gasteiger charge is -2.32. The van der Waals surface area contributed by atoms with Crippen molar-refractivity contribution >= 4 is 137 Å². The van der Waals surface area contributed by atoms with E-state index < -0.39 is 236 Å². The highest BCUT2D eigenvalue weighted by molar-refractivity contribution is 7.80. The van der Waals surface area contributed by atoms with Crippen LogP contribution in [0.15, 0.2) is 0 Å². The van der Waals surface area contributed by atoms with Gasteiger partial charge in [0.05, 0.1) is 45.3 Å². The van der Waals surface area contributed by atoms with Crippen molar-refractivity contribution in [1.82, 2.24) is 107 Å². The van der Waals surface area contributed by atoms with E-state index in [-0.39, 0.29) is 148 Å². The fraction of sp³-hybridized carbons (Fsp3) is 0.744. The van der Waals surface area contributed by atoms with E-state index in [1.807, 2.05) is 0 Å². The average Bonchev–Trinajstić information content (AvgIpc) is 1.66. The van der Waals surface area contributed by atoms with E-state index in [2.05, 4.69) is 60.5 Å². The molecular formula is C82H119N21O22S. The molecule has 13 aliphatic heterocycles. The maximum Gasteiger partial charge on any atom is 0.322 e. The molecular weight excluding hydrogens is 1660 g/mol. The van der Waals surface area contributed by atoms with Gasteiger partial charge in [0.25, 0.3) is 0 Å². The van der Waals surface area contributed by atoms with Crippen LogP contribution >= 0.6 is 12.6 Å². The van der Waals surface area contributed by atoms with Crippen molar-refractivity contribution in [2.45, 2.75) is 252 Å². The molecule has 0 radical (unpaired) electrons. The van der Waals surface area contributed by atoms with Crippen molar-refractivity contribution in [3.63, 3.8) is 0 Å². The highest BCUT2D eigenvalue weighted by Gasteiger charge is 2.51. The summed E-state index contributed by atoms with van der Waals surface area (Å²) in [5.41, 5.74) is 0. The molecule has 14 atom stereocenters. The Hall–Kier alpha value is -10.8. The summed E-state index contributed by atoms with van der Waals surface area (Å²) >= 11 is 4.22. The lowest BCUT2D eigenvalue weighted by Crippen LogP contribution is -2.57. The molecule has 0 aliphatic carbocycles. The zero-order valence-electron chi connectivity index (χ0n) is 71.2. The maximum absolute atomic E-state index is 14.4. The van der Waals surface area contributed by atoms with Gasteiger partial charge in [-0.25, -0.2) is 0 Å². The summed E-state index contributed by atoms with van der Waals surface area (Å²) in [7, 11) is 0. The van der Waals surface area contributed by atoms with Crippen molar-refractivity contribution in [3.05, 3.63) is 0 Å². The van der Waals surface area contributed by atoms with Gasteiger partial charge in [0.2, 0.25) is 118 Å². The van der Waals surface area contributed by atoms with Crippen molar-refractivity contribution in [2.75, 3.05) is 137 Å². The standard InChI is InChI=1S/C82H119N21O22S/c104-62(91-49(47-126)77(120)98-34-3-16-51(98)75(118)90-46-68(110)111)40-84-69(112)52-17-4-35-99(52)78(121)57-22-9-28-92(57)64(106)42-86-71(114)54-19-6-37-101(54)80(123)59-24-11-30-94(59)66(108)44-88-73(116)56-21-8-39-103(56)82(125)61-26-13-32-96(61)67(109)45-89-74(117)55-20-7-38-102(55)81(124)60-25-12-31-95(60)65(107)43-87-72(115)53-18-5-36-100(53)79(122)58-23-10-29-93(58)63(105)41-85-70(113)50-15-2-33-97(50)76(119)48-14-1-27-83-48/h48-61,83,126H,1-47H2,(H,84,112)(H,85,113)(H,86,114)(H,87,115)(H,88,116)(H,89,117)(H,90,118)(H,91,104)(H,110,111)/t48-,49-,50-,51-,52-,53-,54-,55-,56-,57-,58-,59-,60-,61-/m0/s1. The number of hydrogen-bond donors (Lipinski definition) is 11. The van der Waals surface area contributed by atoms with E-state index in [0.29, 0.717) is 116 Å². The van der Waals surface area contributed by atoms with E-state index >= 15 is 0 Å². The van der Waals surface area contributed by atoms with Crippen LogP contribution in [0, 0.1) is 0 Å². The Morgan fingerprint density at radius 2 is 0.476 bits per heavy atom. The van der Waals surface area contributed by atoms with Crippen LogP contribution in [0.1, 0.15) is 167 Å². The Balaban J connectivity index is 0.516. The number of carboxylic acids is 1. The average molecular weight is 1780 g/mol. The van der Waals surface area contributed by atoms with E-state index in [4.69, 9.17) is 5.11 Å². The van der Waals surface area contributed by atoms with Crippen LogP contribution in [0.3, 0.4) is 0 Å². The van der Waals surface area contributed by atoms with Gasteiger partial charge >= 0.3 is 5.97 Å². The number of carbonyl (C=O) groups excluding carboxylic acids is 20. The number of aliphatic carboxylic acids is 1. The van der Waals surface area contributed by atoms with Crippen molar-refractivity contribution in [3.8, 4) is 0 Å². The summed E-state index contributed by atoms with van der Waals surface area (Å²) in [6, 6.07) is -12.8. The van der Waals surface area contributed by atoms with Gasteiger partial charge in [-0.3, -0.25) is 101 Å². The number of nitrogens with one attached hydrogen (secondary N) is 9. The first-order chi connectivity index (χ1) is 60.6. The van der Waals surface area contributed by atoms with E-state index in [9.17, 15) is 101 Å². The maximum atomic E-state index is 14.4. The quantitative estimate of drug-likeness (QED) is 0.0298. The molecule has 690 valence electrons. The van der Waals surface area contributed by atoms with Gasteiger partial charge in [0, 0.05) is 84.3 Å². The van der Waals surface area contributed by atoms with Gasteiger partial charge in [-0.2, -0.15) is 12.6 Å². The molecule has 10 N–H and O–H groups in total. The third kappa shape index (κ3) is 20.9. The lowest BCUT2D eigenvalue weighted by molar-refractivity contribution is -0.148. The highest BCUT2D eigenvalue weighted by atomic mass is 32.1. The minimum Gasteiger partial charge on any atom is -0.480 e. The van der Waals surface area contributed by atoms with Crippen LogP contribution in [0.4, 0.5) is 0 Å². The van der Waals surface area contributed by atoms with Crippen LogP contribution in [0.25, 0.3) is 0 Å². The smallest absolute Gasteiger partial charge is 0.322 e. The largest absolute Gasteiger partial charge is 0.480 e. The van der Waals surface area contributed by atoms with Crippen molar-refractivity contribution in [2.24, 2.45) is 0 Å². The van der Waals surface area contributed by atoms with Crippen molar-refractivity contribution in [1.29, 1.82) is 0 Å². The first kappa shape index (κ1) is 92.8. The third-order valence-electron chi connectivity index (χ3n) is 27.2. The van der Waals surface area contributed by atoms with Crippen LogP contribution in [0.2, 0.25) is 0 Å². The molecule has 13 saturated heterocycles. The van der Waals surface area contributed by atoms with Crippen LogP contribution < -0.4 is 47.9 Å². The molecule has 13 fully saturated rings. The van der Waals surface area contributed by atoms with Gasteiger partial charge in [0.1, 0.15) is 85.1 Å². The zero-order chi connectivity index (χ0) is 89.7. The molecule has 0 bridgehead atoms. The monoisotopic (exact) mass is 1780 g/mol. The number of hydrogen-bond acceptors (Lipinski definition) is 23. The number of amides is 20. The zero-order valence-corrected chi connectivity index (χ0v) is 72.0. The fourth-order valence-electron chi connectivity index (χ4n) is 20.9. The summed E-state index contributed by atoms with van der Waals surface area (Å²) in [4.78, 5) is 304. The normalized spacial score (nSPS) is 27.3. The van der Waals surface area contributed by atoms with E-state index in [1.165, 1.54) is 53.9 Å². The van der Waals surface area contributed by atoms with Gasteiger partial charge < -0.3 is 112 Å². The Morgan fingerprint density at radius 3 is 0.714 bits per heavy atom. The lowest BCUT2D eigenvalue weighted by atomic mass is 10.1. The molecule has 126 heavy (non-hydrogen) atoms. The second-order valence-electron chi connectivity index (χ2n) is 34.9. The van der Waals surface area contributed by atoms with Crippen LogP contribution in [0.5, 0.6) is 0 Å². The Morgan fingerprint density at radius 1 is 0.262 bits per heavy atom. The third-order valence-corrected chi connectivity index (χ3v) is 27.6.